The van der Waals surface area contributed by atoms with Crippen LogP contribution < -0.4 is 80.2 Å². The fourth-order valence-corrected chi connectivity index (χ4v) is 2.34. The average molecular weight is 381 g/mol. The molecule has 0 unspecified atom stereocenters. The smallest absolute Gasteiger partial charge is 0.542 e. The molecule has 0 amide bonds. The van der Waals surface area contributed by atoms with E-state index in [0.29, 0.717) is 12.1 Å². The molecule has 0 aliphatic rings. The van der Waals surface area contributed by atoms with Crippen molar-refractivity contribution in [3.05, 3.63) is 55.2 Å². The van der Waals surface area contributed by atoms with Gasteiger partial charge in [0.05, 0.1) is 10.4 Å². The molecule has 0 atom stereocenters. The van der Waals surface area contributed by atoms with Crippen molar-refractivity contribution in [1.29, 1.82) is 0 Å². The van der Waals surface area contributed by atoms with Crippen LogP contribution in [0.1, 0.15) is 21.1 Å². The number of halogens is 1. The molecular weight excluding hydrogens is 378 g/mol. The van der Waals surface area contributed by atoms with Crippen LogP contribution in [0.4, 0.5) is 0 Å². The maximum atomic E-state index is 12.1. The molecule has 25 heavy (non-hydrogen) atoms. The molecule has 0 fully saturated rings. The Hall–Kier alpha value is -1.13. The molecule has 116 valence electrons. The van der Waals surface area contributed by atoms with Crippen molar-refractivity contribution in [2.24, 2.45) is 0 Å². The number of carbonyl (C=O) groups excluding carboxylic acids is 2. The summed E-state index contributed by atoms with van der Waals surface area (Å²) in [5.74, 6) is -5.08. The molecule has 3 aromatic rings. The maximum Gasteiger partial charge on any atom is 1.00 e. The van der Waals surface area contributed by atoms with Gasteiger partial charge in [-0.25, -0.2) is 0 Å². The van der Waals surface area contributed by atoms with E-state index in [0.717, 1.165) is 6.07 Å². The molecule has 0 spiro atoms. The summed E-state index contributed by atoms with van der Waals surface area (Å²) >= 11 is 5.90. The summed E-state index contributed by atoms with van der Waals surface area (Å²) in [6.45, 7) is 0. The minimum Gasteiger partial charge on any atom is -0.542 e. The summed E-state index contributed by atoms with van der Waals surface area (Å²) in [7, 11) is 0. The second-order valence-corrected chi connectivity index (χ2v) is 4.87. The van der Waals surface area contributed by atoms with Gasteiger partial charge in [0, 0.05) is 12.1 Å². The number of benzene rings is 1. The second-order valence-electron chi connectivity index (χ2n) is 4.46. The summed E-state index contributed by atoms with van der Waals surface area (Å²) in [6.07, 6.45) is 0. The molecule has 0 bridgehead atoms. The molecule has 0 radical (unpaired) electrons. The molecule has 0 aliphatic heterocycles. The van der Waals surface area contributed by atoms with Gasteiger partial charge in [-0.2, -0.15) is 0 Å². The van der Waals surface area contributed by atoms with Gasteiger partial charge in [-0.05, 0) is 6.07 Å². The van der Waals surface area contributed by atoms with Crippen LogP contribution in [-0.4, -0.2) is 11.9 Å². The molecule has 1 aromatic carbocycles. The Morgan fingerprint density at radius 1 is 0.840 bits per heavy atom. The Balaban J connectivity index is 0.00000156. The molecule has 11 heteroatoms. The number of aromatic carboxylic acids is 2. The molecule has 0 aliphatic carbocycles. The normalized spacial score (nSPS) is 10.1. The number of fused-ring (bicyclic) bond motifs is 3. The zero-order valence-electron chi connectivity index (χ0n) is 12.9. The summed E-state index contributed by atoms with van der Waals surface area (Å²) in [5.41, 5.74) is -2.42. The number of hydrogen-bond donors (Lipinski definition) is 0. The van der Waals surface area contributed by atoms with Gasteiger partial charge in [0.25, 0.3) is 0 Å². The average Bonchev–Trinajstić information content (AvgIpc) is 2.47. The van der Waals surface area contributed by atoms with Gasteiger partial charge in [0.15, 0.2) is 33.5 Å². The predicted octanol–water partition coefficient (Wildman–Crippen LogP) is -6.71. The largest absolute Gasteiger partial charge is 1.00 e. The fraction of sp³-hybridized carbons (Fsp3) is 0. The van der Waals surface area contributed by atoms with E-state index in [1.165, 1.54) is 0 Å². The van der Waals surface area contributed by atoms with Crippen molar-refractivity contribution in [2.45, 2.75) is 0 Å². The molecule has 8 nitrogen and oxygen atoms in total. The van der Waals surface area contributed by atoms with E-state index in [9.17, 15) is 29.4 Å². The van der Waals surface area contributed by atoms with Crippen molar-refractivity contribution < 1.29 is 87.8 Å². The van der Waals surface area contributed by atoms with Crippen LogP contribution in [-0.2, 0) is 0 Å². The Bertz CT molecular complexity index is 1130. The zero-order chi connectivity index (χ0) is 16.9. The molecule has 3 rings (SSSR count). The van der Waals surface area contributed by atoms with Crippen molar-refractivity contribution in [2.75, 3.05) is 0 Å². The molecule has 2 heterocycles. The van der Waals surface area contributed by atoms with Gasteiger partial charge in [0.1, 0.15) is 17.3 Å². The van der Waals surface area contributed by atoms with Crippen LogP contribution >= 0.6 is 11.6 Å². The van der Waals surface area contributed by atoms with Crippen LogP contribution in [0.15, 0.2) is 36.6 Å². The van der Waals surface area contributed by atoms with E-state index >= 15 is 0 Å². The van der Waals surface area contributed by atoms with Gasteiger partial charge in [-0.1, -0.05) is 11.6 Å². The van der Waals surface area contributed by atoms with E-state index in [2.05, 4.69) is 0 Å². The third-order valence-electron chi connectivity index (χ3n) is 3.05. The maximum absolute atomic E-state index is 12.1. The predicted molar refractivity (Wildman–Crippen MR) is 72.2 cm³/mol. The first-order valence-corrected chi connectivity index (χ1v) is 6.34. The number of carboxylic acids is 2. The summed E-state index contributed by atoms with van der Waals surface area (Å²) in [5, 5.41) is 20.9. The van der Waals surface area contributed by atoms with Gasteiger partial charge in [-0.15, -0.1) is 0 Å². The quantitative estimate of drug-likeness (QED) is 0.315. The monoisotopic (exact) mass is 380 g/mol. The SMILES string of the molecule is O=C([O-])c1cc(=O)c2c(o1)c(Cl)cc1c(=O)cc(C(=O)[O-])oc12.[Na+].[Na+]. The van der Waals surface area contributed by atoms with Crippen molar-refractivity contribution in [1.82, 2.24) is 0 Å². The van der Waals surface area contributed by atoms with Gasteiger partial charge in [-0.3, -0.25) is 9.59 Å². The molecule has 0 saturated heterocycles. The van der Waals surface area contributed by atoms with E-state index in [1.54, 1.807) is 0 Å². The standard InChI is InChI=1S/C14H5ClO8.2Na/c15-5-1-4-6(16)2-8(13(18)19)22-11(4)10-7(17)3-9(14(20)21)23-12(5)10;;/h1-3H,(H,18,19)(H,20,21);;/q;2*+1/p-2. The Labute approximate surface area is 186 Å². The number of rotatable bonds is 2. The van der Waals surface area contributed by atoms with Gasteiger partial charge in [0.2, 0.25) is 0 Å². The van der Waals surface area contributed by atoms with E-state index < -0.39 is 39.9 Å². The Morgan fingerprint density at radius 2 is 1.32 bits per heavy atom. The summed E-state index contributed by atoms with van der Waals surface area (Å²) in [4.78, 5) is 45.8. The first kappa shape index (κ1) is 21.9. The fourth-order valence-electron chi connectivity index (χ4n) is 2.10. The van der Waals surface area contributed by atoms with Crippen molar-refractivity contribution >= 4 is 45.5 Å². The summed E-state index contributed by atoms with van der Waals surface area (Å²) in [6, 6.07) is 2.36. The number of carbonyl (C=O) groups is 2. The third kappa shape index (κ3) is 3.85. The molecule has 0 N–H and O–H groups in total. The number of hydrogen-bond acceptors (Lipinski definition) is 8. The molecule has 0 saturated carbocycles. The minimum atomic E-state index is -1.76. The van der Waals surface area contributed by atoms with Crippen molar-refractivity contribution in [3.8, 4) is 0 Å². The van der Waals surface area contributed by atoms with Crippen LogP contribution in [0.3, 0.4) is 0 Å². The van der Waals surface area contributed by atoms with E-state index in [1.807, 2.05) is 0 Å². The topological polar surface area (TPSA) is 141 Å². The van der Waals surface area contributed by atoms with Gasteiger partial charge >= 0.3 is 59.1 Å². The first-order chi connectivity index (χ1) is 10.8. The first-order valence-electron chi connectivity index (χ1n) is 5.96. The summed E-state index contributed by atoms with van der Waals surface area (Å²) < 4.78 is 9.97. The van der Waals surface area contributed by atoms with E-state index in [4.69, 9.17) is 20.4 Å². The molecule has 2 aromatic heterocycles. The van der Waals surface area contributed by atoms with Crippen molar-refractivity contribution in [3.63, 3.8) is 0 Å². The minimum absolute atomic E-state index is 0. The third-order valence-corrected chi connectivity index (χ3v) is 3.33. The van der Waals surface area contributed by atoms with Gasteiger partial charge < -0.3 is 28.6 Å². The molecular formula is C14H3ClNa2O8. The Morgan fingerprint density at radius 3 is 1.84 bits per heavy atom. The second kappa shape index (κ2) is 8.05. The zero-order valence-corrected chi connectivity index (χ0v) is 17.6. The Kier molecular flexibility index (Phi) is 7.05. The van der Waals surface area contributed by atoms with Crippen LogP contribution in [0.5, 0.6) is 0 Å². The van der Waals surface area contributed by atoms with Crippen LogP contribution in [0.2, 0.25) is 5.02 Å². The van der Waals surface area contributed by atoms with Crippen LogP contribution in [0, 0.1) is 0 Å². The number of carboxylic acid groups (broad SMARTS) is 2. The van der Waals surface area contributed by atoms with E-state index in [-0.39, 0.29) is 80.5 Å². The van der Waals surface area contributed by atoms with Crippen LogP contribution in [0.25, 0.3) is 21.9 Å².